The molecular weight excluding hydrogens is 344 g/mol. The van der Waals surface area contributed by atoms with E-state index in [9.17, 15) is 14.4 Å². The normalized spacial score (nSPS) is 24.3. The molecule has 3 rings (SSSR count). The predicted molar refractivity (Wildman–Crippen MR) is 105 cm³/mol. The van der Waals surface area contributed by atoms with Crippen LogP contribution in [0.15, 0.2) is 11.0 Å². The highest BCUT2D eigenvalue weighted by Gasteiger charge is 2.46. The summed E-state index contributed by atoms with van der Waals surface area (Å²) in [7, 11) is 0. The van der Waals surface area contributed by atoms with Gasteiger partial charge < -0.3 is 0 Å². The van der Waals surface area contributed by atoms with E-state index in [0.29, 0.717) is 18.4 Å². The Balaban J connectivity index is 2.13. The van der Waals surface area contributed by atoms with E-state index in [4.69, 9.17) is 0 Å². The standard InChI is InChI=1S/C22H28O3S/c1-12-11-14(13(2)17-19(12)26-10-9-21(17,3)4)18(24)16-15(23)7-8-22(5,6)20(16)25/h11,16H,7-10H2,1-6H3. The van der Waals surface area contributed by atoms with Crippen LogP contribution in [-0.4, -0.2) is 23.1 Å². The molecule has 0 aromatic heterocycles. The Labute approximate surface area is 160 Å². The lowest BCUT2D eigenvalue weighted by atomic mass is 9.67. The highest BCUT2D eigenvalue weighted by Crippen LogP contribution is 2.46. The van der Waals surface area contributed by atoms with Crippen LogP contribution in [0.25, 0.3) is 0 Å². The van der Waals surface area contributed by atoms with Gasteiger partial charge in [-0.2, -0.15) is 0 Å². The van der Waals surface area contributed by atoms with E-state index in [1.807, 2.05) is 45.5 Å². The first-order valence-electron chi connectivity index (χ1n) is 9.36. The van der Waals surface area contributed by atoms with Crippen molar-refractivity contribution in [3.05, 3.63) is 28.3 Å². The molecule has 0 amide bonds. The number of hydrogen-bond donors (Lipinski definition) is 0. The second kappa shape index (κ2) is 6.33. The summed E-state index contributed by atoms with van der Waals surface area (Å²) in [6, 6.07) is 1.90. The molecule has 3 nitrogen and oxygen atoms in total. The quantitative estimate of drug-likeness (QED) is 0.551. The topological polar surface area (TPSA) is 51.2 Å². The van der Waals surface area contributed by atoms with E-state index < -0.39 is 11.3 Å². The summed E-state index contributed by atoms with van der Waals surface area (Å²) < 4.78 is 0. The minimum absolute atomic E-state index is 0.00836. The van der Waals surface area contributed by atoms with E-state index in [-0.39, 0.29) is 22.8 Å². The van der Waals surface area contributed by atoms with Crippen LogP contribution in [0.3, 0.4) is 0 Å². The van der Waals surface area contributed by atoms with Gasteiger partial charge in [-0.1, -0.05) is 27.7 Å². The lowest BCUT2D eigenvalue weighted by Gasteiger charge is -2.36. The molecule has 1 aliphatic carbocycles. The summed E-state index contributed by atoms with van der Waals surface area (Å²) in [5.74, 6) is -0.803. The van der Waals surface area contributed by atoms with E-state index in [0.717, 1.165) is 23.3 Å². The highest BCUT2D eigenvalue weighted by atomic mass is 32.2. The van der Waals surface area contributed by atoms with Gasteiger partial charge in [-0.25, -0.2) is 0 Å². The molecule has 1 aliphatic heterocycles. The number of fused-ring (bicyclic) bond motifs is 1. The molecular formula is C22H28O3S. The van der Waals surface area contributed by atoms with E-state index >= 15 is 0 Å². The minimum atomic E-state index is -1.13. The molecule has 0 bridgehead atoms. The maximum atomic E-state index is 13.3. The number of aryl methyl sites for hydroxylation is 1. The van der Waals surface area contributed by atoms with Gasteiger partial charge in [-0.05, 0) is 60.6 Å². The van der Waals surface area contributed by atoms with Crippen LogP contribution >= 0.6 is 11.8 Å². The first kappa shape index (κ1) is 19.3. The largest absolute Gasteiger partial charge is 0.298 e. The molecule has 0 saturated heterocycles. The average Bonchev–Trinajstić information content (AvgIpc) is 2.54. The molecule has 1 unspecified atom stereocenters. The van der Waals surface area contributed by atoms with Crippen molar-refractivity contribution in [2.45, 2.75) is 71.1 Å². The molecule has 2 aliphatic rings. The molecule has 1 atom stereocenters. The van der Waals surface area contributed by atoms with Crippen molar-refractivity contribution < 1.29 is 14.4 Å². The van der Waals surface area contributed by atoms with Crippen LogP contribution in [0.4, 0.5) is 0 Å². The molecule has 140 valence electrons. The number of benzene rings is 1. The van der Waals surface area contributed by atoms with E-state index in [2.05, 4.69) is 13.8 Å². The van der Waals surface area contributed by atoms with Gasteiger partial charge in [0, 0.05) is 22.3 Å². The van der Waals surface area contributed by atoms with Crippen molar-refractivity contribution in [3.8, 4) is 0 Å². The first-order chi connectivity index (χ1) is 12.0. The van der Waals surface area contributed by atoms with Crippen LogP contribution < -0.4 is 0 Å². The second-order valence-corrected chi connectivity index (χ2v) is 10.2. The van der Waals surface area contributed by atoms with Crippen LogP contribution in [0.5, 0.6) is 0 Å². The van der Waals surface area contributed by atoms with E-state index in [1.165, 1.54) is 10.5 Å². The van der Waals surface area contributed by atoms with Crippen LogP contribution in [0, 0.1) is 25.2 Å². The Morgan fingerprint density at radius 3 is 2.38 bits per heavy atom. The highest BCUT2D eigenvalue weighted by molar-refractivity contribution is 7.99. The molecule has 1 fully saturated rings. The number of hydrogen-bond acceptors (Lipinski definition) is 4. The van der Waals surface area contributed by atoms with Crippen LogP contribution in [0.1, 0.15) is 74.0 Å². The predicted octanol–water partition coefficient (Wildman–Crippen LogP) is 4.83. The molecule has 1 aromatic carbocycles. The van der Waals surface area contributed by atoms with Gasteiger partial charge in [-0.15, -0.1) is 11.8 Å². The Morgan fingerprint density at radius 1 is 1.08 bits per heavy atom. The molecule has 0 N–H and O–H groups in total. The molecule has 1 aromatic rings. The number of carbonyl (C=O) groups excluding carboxylic acids is 3. The van der Waals surface area contributed by atoms with Crippen molar-refractivity contribution in [3.63, 3.8) is 0 Å². The lowest BCUT2D eigenvalue weighted by Crippen LogP contribution is -2.45. The third-order valence-electron chi connectivity index (χ3n) is 6.15. The summed E-state index contributed by atoms with van der Waals surface area (Å²) in [5.41, 5.74) is 3.17. The molecule has 26 heavy (non-hydrogen) atoms. The number of thioether (sulfide) groups is 1. The van der Waals surface area contributed by atoms with Gasteiger partial charge in [-0.3, -0.25) is 14.4 Å². The summed E-state index contributed by atoms with van der Waals surface area (Å²) in [5, 5.41) is 0. The zero-order valence-electron chi connectivity index (χ0n) is 16.6. The summed E-state index contributed by atoms with van der Waals surface area (Å²) in [4.78, 5) is 39.9. The number of ketones is 3. The zero-order chi connectivity index (χ0) is 19.4. The van der Waals surface area contributed by atoms with Gasteiger partial charge in [0.15, 0.2) is 17.3 Å². The second-order valence-electron chi connectivity index (χ2n) is 9.06. The van der Waals surface area contributed by atoms with Crippen molar-refractivity contribution in [1.82, 2.24) is 0 Å². The fourth-order valence-electron chi connectivity index (χ4n) is 4.34. The van der Waals surface area contributed by atoms with E-state index in [1.54, 1.807) is 0 Å². The molecule has 1 saturated carbocycles. The fourth-order valence-corrected chi connectivity index (χ4v) is 6.02. The van der Waals surface area contributed by atoms with Crippen molar-refractivity contribution in [1.29, 1.82) is 0 Å². The Bertz CT molecular complexity index is 817. The molecule has 0 radical (unpaired) electrons. The Hall–Kier alpha value is -1.42. The maximum Gasteiger partial charge on any atom is 0.181 e. The van der Waals surface area contributed by atoms with Gasteiger partial charge in [0.2, 0.25) is 0 Å². The van der Waals surface area contributed by atoms with Crippen LogP contribution in [-0.2, 0) is 15.0 Å². The molecule has 0 spiro atoms. The molecule has 4 heteroatoms. The first-order valence-corrected chi connectivity index (χ1v) is 10.3. The Kier molecular flexibility index (Phi) is 4.71. The number of rotatable bonds is 2. The van der Waals surface area contributed by atoms with Gasteiger partial charge >= 0.3 is 0 Å². The van der Waals surface area contributed by atoms with Gasteiger partial charge in [0.25, 0.3) is 0 Å². The number of carbonyl (C=O) groups is 3. The smallest absolute Gasteiger partial charge is 0.181 e. The SMILES string of the molecule is Cc1cc(C(=O)C2C(=O)CCC(C)(C)C2=O)c(C)c2c1SCCC2(C)C. The number of Topliss-reactive ketones (excluding diaryl/α,β-unsaturated/α-hetero) is 3. The summed E-state index contributed by atoms with van der Waals surface area (Å²) in [6.07, 6.45) is 1.89. The van der Waals surface area contributed by atoms with Crippen LogP contribution in [0.2, 0.25) is 0 Å². The van der Waals surface area contributed by atoms with Gasteiger partial charge in [0.05, 0.1) is 0 Å². The third-order valence-corrected chi connectivity index (χ3v) is 7.37. The minimum Gasteiger partial charge on any atom is -0.298 e. The van der Waals surface area contributed by atoms with Gasteiger partial charge in [0.1, 0.15) is 5.92 Å². The van der Waals surface area contributed by atoms with Crippen molar-refractivity contribution in [2.24, 2.45) is 11.3 Å². The fraction of sp³-hybridized carbons (Fsp3) is 0.591. The Morgan fingerprint density at radius 2 is 1.73 bits per heavy atom. The average molecular weight is 373 g/mol. The zero-order valence-corrected chi connectivity index (χ0v) is 17.4. The summed E-state index contributed by atoms with van der Waals surface area (Å²) in [6.45, 7) is 12.1. The lowest BCUT2D eigenvalue weighted by molar-refractivity contribution is -0.140. The van der Waals surface area contributed by atoms with Crippen molar-refractivity contribution >= 4 is 29.1 Å². The monoisotopic (exact) mass is 372 g/mol. The maximum absolute atomic E-state index is 13.3. The third kappa shape index (κ3) is 2.96. The summed E-state index contributed by atoms with van der Waals surface area (Å²) >= 11 is 1.84. The molecule has 1 heterocycles. The van der Waals surface area contributed by atoms with Crippen molar-refractivity contribution in [2.75, 3.05) is 5.75 Å².